The fourth-order valence-electron chi connectivity index (χ4n) is 1.97. The van der Waals surface area contributed by atoms with Crippen molar-refractivity contribution in [2.45, 2.75) is 58.0 Å². The summed E-state index contributed by atoms with van der Waals surface area (Å²) < 4.78 is 0. The Labute approximate surface area is 119 Å². The van der Waals surface area contributed by atoms with Gasteiger partial charge in [-0.25, -0.2) is 0 Å². The first-order valence-corrected chi connectivity index (χ1v) is 7.07. The molecule has 0 aromatic heterocycles. The highest BCUT2D eigenvalue weighted by Crippen LogP contribution is 2.16. The van der Waals surface area contributed by atoms with Crippen LogP contribution in [0.3, 0.4) is 0 Å². The maximum atomic E-state index is 11.4. The maximum Gasteiger partial charge on any atom is 0.327 e. The van der Waals surface area contributed by atoms with Crippen molar-refractivity contribution < 1.29 is 9.59 Å². The van der Waals surface area contributed by atoms with Gasteiger partial charge in [-0.3, -0.25) is 20.4 Å². The smallest absolute Gasteiger partial charge is 0.327 e. The van der Waals surface area contributed by atoms with Crippen molar-refractivity contribution in [3.63, 3.8) is 0 Å². The number of carbonyl (C=O) groups excluding carboxylic acids is 2. The van der Waals surface area contributed by atoms with Crippen LogP contribution in [0.15, 0.2) is 0 Å². The summed E-state index contributed by atoms with van der Waals surface area (Å²) in [5, 5.41) is 5.97. The van der Waals surface area contributed by atoms with E-state index in [0.29, 0.717) is 11.2 Å². The Balaban J connectivity index is 2.21. The number of carbonyl (C=O) groups is 2. The van der Waals surface area contributed by atoms with Crippen LogP contribution in [0.2, 0.25) is 0 Å². The van der Waals surface area contributed by atoms with E-state index in [2.05, 4.69) is 21.5 Å². The quantitative estimate of drug-likeness (QED) is 0.334. The van der Waals surface area contributed by atoms with Crippen LogP contribution in [0.5, 0.6) is 0 Å². The Bertz CT molecular complexity index is 341. The molecule has 0 atom stereocenters. The number of hydrogen-bond acceptors (Lipinski definition) is 3. The van der Waals surface area contributed by atoms with Crippen molar-refractivity contribution in [3.8, 4) is 0 Å². The number of thiocarbonyl (C=S) groups is 1. The van der Waals surface area contributed by atoms with E-state index in [1.54, 1.807) is 13.8 Å². The molecule has 108 valence electrons. The van der Waals surface area contributed by atoms with Crippen molar-refractivity contribution in [3.05, 3.63) is 0 Å². The fraction of sp³-hybridized carbons (Fsp3) is 0.750. The molecule has 0 saturated heterocycles. The number of nitrogens with one attached hydrogen (secondary N) is 4. The molecule has 0 heterocycles. The molecule has 0 unspecified atom stereocenters. The van der Waals surface area contributed by atoms with Gasteiger partial charge in [0.25, 0.3) is 0 Å². The van der Waals surface area contributed by atoms with Crippen LogP contribution in [0.1, 0.15) is 46.0 Å². The molecule has 2 amide bonds. The van der Waals surface area contributed by atoms with Gasteiger partial charge in [-0.1, -0.05) is 19.3 Å². The van der Waals surface area contributed by atoms with Crippen molar-refractivity contribution in [1.29, 1.82) is 0 Å². The normalized spacial score (nSPS) is 15.7. The average molecular weight is 286 g/mol. The van der Waals surface area contributed by atoms with Crippen molar-refractivity contribution in [2.24, 2.45) is 0 Å². The molecular formula is C12H22N4O2S. The number of hydrogen-bond donors (Lipinski definition) is 4. The molecule has 1 fully saturated rings. The zero-order valence-electron chi connectivity index (χ0n) is 11.4. The lowest BCUT2D eigenvalue weighted by molar-refractivity contribution is -0.139. The first kappa shape index (κ1) is 15.7. The highest BCUT2D eigenvalue weighted by molar-refractivity contribution is 7.80. The minimum absolute atomic E-state index is 0.0782. The predicted molar refractivity (Wildman–Crippen MR) is 77.2 cm³/mol. The van der Waals surface area contributed by atoms with E-state index in [0.717, 1.165) is 12.8 Å². The highest BCUT2D eigenvalue weighted by atomic mass is 32.1. The first-order valence-electron chi connectivity index (χ1n) is 6.66. The van der Waals surface area contributed by atoms with E-state index in [1.165, 1.54) is 19.3 Å². The van der Waals surface area contributed by atoms with Crippen LogP contribution >= 0.6 is 12.2 Å². The van der Waals surface area contributed by atoms with E-state index >= 15 is 0 Å². The van der Waals surface area contributed by atoms with E-state index in [9.17, 15) is 9.59 Å². The Kier molecular flexibility index (Phi) is 6.55. The van der Waals surface area contributed by atoms with Crippen LogP contribution < -0.4 is 21.5 Å². The molecule has 4 N–H and O–H groups in total. The summed E-state index contributed by atoms with van der Waals surface area (Å²) in [6.45, 7) is 3.57. The SMILES string of the molecule is CC(C)NC(=O)C(=O)NNC(=S)NC1CCCCC1. The molecular weight excluding hydrogens is 264 g/mol. The number of amides is 2. The molecule has 0 bridgehead atoms. The average Bonchev–Trinajstić information content (AvgIpc) is 2.36. The van der Waals surface area contributed by atoms with Crippen LogP contribution in [0.4, 0.5) is 0 Å². The molecule has 1 rings (SSSR count). The molecule has 0 aromatic rings. The maximum absolute atomic E-state index is 11.4. The van der Waals surface area contributed by atoms with Crippen LogP contribution in [-0.4, -0.2) is 29.0 Å². The lowest BCUT2D eigenvalue weighted by Crippen LogP contribution is -2.53. The third-order valence-electron chi connectivity index (χ3n) is 2.86. The monoisotopic (exact) mass is 286 g/mol. The van der Waals surface area contributed by atoms with Crippen molar-refractivity contribution in [2.75, 3.05) is 0 Å². The lowest BCUT2D eigenvalue weighted by atomic mass is 9.96. The highest BCUT2D eigenvalue weighted by Gasteiger charge is 2.16. The molecule has 7 heteroatoms. The van der Waals surface area contributed by atoms with Gasteiger partial charge in [0, 0.05) is 12.1 Å². The molecule has 6 nitrogen and oxygen atoms in total. The van der Waals surface area contributed by atoms with Crippen LogP contribution in [0.25, 0.3) is 0 Å². The van der Waals surface area contributed by atoms with Crippen molar-refractivity contribution >= 4 is 29.1 Å². The predicted octanol–water partition coefficient (Wildman–Crippen LogP) is 0.339. The van der Waals surface area contributed by atoms with Gasteiger partial charge in [-0.2, -0.15) is 0 Å². The largest absolute Gasteiger partial charge is 0.359 e. The summed E-state index contributed by atoms with van der Waals surface area (Å²) in [6, 6.07) is 0.278. The summed E-state index contributed by atoms with van der Waals surface area (Å²) in [7, 11) is 0. The Morgan fingerprint density at radius 3 is 2.26 bits per heavy atom. The van der Waals surface area contributed by atoms with Crippen LogP contribution in [-0.2, 0) is 9.59 Å². The van der Waals surface area contributed by atoms with Gasteiger partial charge >= 0.3 is 11.8 Å². The zero-order valence-corrected chi connectivity index (χ0v) is 12.2. The van der Waals surface area contributed by atoms with Crippen LogP contribution in [0, 0.1) is 0 Å². The second-order valence-corrected chi connectivity index (χ2v) is 5.42. The summed E-state index contributed by atoms with van der Waals surface area (Å²) in [5.41, 5.74) is 4.82. The van der Waals surface area contributed by atoms with Gasteiger partial charge < -0.3 is 10.6 Å². The Morgan fingerprint density at radius 1 is 1.05 bits per heavy atom. The molecule has 1 saturated carbocycles. The van der Waals surface area contributed by atoms with E-state index in [-0.39, 0.29) is 6.04 Å². The Hall–Kier alpha value is -1.37. The minimum atomic E-state index is -0.749. The molecule has 0 aliphatic heterocycles. The molecule has 0 aromatic carbocycles. The number of hydrazine groups is 1. The third-order valence-corrected chi connectivity index (χ3v) is 3.08. The van der Waals surface area contributed by atoms with Gasteiger partial charge in [0.2, 0.25) is 0 Å². The van der Waals surface area contributed by atoms with Gasteiger partial charge in [-0.15, -0.1) is 0 Å². The fourth-order valence-corrected chi connectivity index (χ4v) is 2.18. The lowest BCUT2D eigenvalue weighted by Gasteiger charge is -2.24. The third kappa shape index (κ3) is 6.37. The first-order chi connectivity index (χ1) is 8.99. The summed E-state index contributed by atoms with van der Waals surface area (Å²) in [6.07, 6.45) is 5.84. The van der Waals surface area contributed by atoms with Gasteiger partial charge in [0.05, 0.1) is 0 Å². The Morgan fingerprint density at radius 2 is 1.68 bits per heavy atom. The topological polar surface area (TPSA) is 82.3 Å². The second kappa shape index (κ2) is 7.93. The molecule has 1 aliphatic rings. The van der Waals surface area contributed by atoms with Gasteiger partial charge in [-0.05, 0) is 38.9 Å². The number of rotatable bonds is 2. The standard InChI is InChI=1S/C12H22N4O2S/c1-8(2)13-10(17)11(18)15-16-12(19)14-9-6-4-3-5-7-9/h8-9H,3-7H2,1-2H3,(H,13,17)(H,15,18)(H2,14,16,19). The van der Waals surface area contributed by atoms with E-state index < -0.39 is 11.8 Å². The summed E-state index contributed by atoms with van der Waals surface area (Å²) in [5.74, 6) is -1.43. The second-order valence-electron chi connectivity index (χ2n) is 5.02. The summed E-state index contributed by atoms with van der Waals surface area (Å²) in [4.78, 5) is 22.7. The minimum Gasteiger partial charge on any atom is -0.359 e. The molecule has 1 aliphatic carbocycles. The van der Waals surface area contributed by atoms with Crippen molar-refractivity contribution in [1.82, 2.24) is 21.5 Å². The van der Waals surface area contributed by atoms with E-state index in [4.69, 9.17) is 12.2 Å². The molecule has 0 spiro atoms. The van der Waals surface area contributed by atoms with Gasteiger partial charge in [0.1, 0.15) is 0 Å². The van der Waals surface area contributed by atoms with E-state index in [1.807, 2.05) is 0 Å². The molecule has 0 radical (unpaired) electrons. The zero-order chi connectivity index (χ0) is 14.3. The summed E-state index contributed by atoms with van der Waals surface area (Å²) >= 11 is 5.06. The molecule has 19 heavy (non-hydrogen) atoms. The van der Waals surface area contributed by atoms with Gasteiger partial charge in [0.15, 0.2) is 5.11 Å².